The van der Waals surface area contributed by atoms with E-state index in [0.717, 1.165) is 34.0 Å². The van der Waals surface area contributed by atoms with Crippen molar-refractivity contribution in [3.8, 4) is 0 Å². The van der Waals surface area contributed by atoms with Crippen LogP contribution in [0.5, 0.6) is 0 Å². The molecule has 0 aliphatic heterocycles. The van der Waals surface area contributed by atoms with Crippen LogP contribution in [0.15, 0.2) is 41.7 Å². The van der Waals surface area contributed by atoms with Crippen LogP contribution in [0.1, 0.15) is 30.9 Å². The number of fused-ring (bicyclic) bond motifs is 1. The predicted octanol–water partition coefficient (Wildman–Crippen LogP) is 5.26. The van der Waals surface area contributed by atoms with Crippen molar-refractivity contribution in [2.75, 3.05) is 11.1 Å². The highest BCUT2D eigenvalue weighted by atomic mass is 35.5. The highest BCUT2D eigenvalue weighted by Gasteiger charge is 2.32. The fourth-order valence-electron chi connectivity index (χ4n) is 2.47. The number of amides is 1. The standard InChI is InChI=1S/C18H16ClF3N4OS/c1-10(2)11-3-5-13(6-4-11)23-15(27)9-28-17-25-24-16-14(19)7-12(8-26(16)17)18(20,21)22/h3-8,10H,9H2,1-2H3,(H,23,27). The van der Waals surface area contributed by atoms with Gasteiger partial charge in [0.05, 0.1) is 16.3 Å². The van der Waals surface area contributed by atoms with Crippen LogP contribution in [0.3, 0.4) is 0 Å². The lowest BCUT2D eigenvalue weighted by Gasteiger charge is -2.09. The number of carbonyl (C=O) groups excluding carboxylic acids is 1. The number of nitrogens with one attached hydrogen (secondary N) is 1. The van der Waals surface area contributed by atoms with Gasteiger partial charge in [0.25, 0.3) is 0 Å². The highest BCUT2D eigenvalue weighted by molar-refractivity contribution is 7.99. The number of thioether (sulfide) groups is 1. The molecule has 0 saturated heterocycles. The van der Waals surface area contributed by atoms with Crippen LogP contribution in [0.25, 0.3) is 5.65 Å². The normalized spacial score (nSPS) is 12.0. The van der Waals surface area contributed by atoms with Gasteiger partial charge >= 0.3 is 6.18 Å². The Balaban J connectivity index is 1.71. The molecule has 0 aliphatic carbocycles. The summed E-state index contributed by atoms with van der Waals surface area (Å²) in [6, 6.07) is 8.27. The summed E-state index contributed by atoms with van der Waals surface area (Å²) >= 11 is 6.85. The quantitative estimate of drug-likeness (QED) is 0.563. The van der Waals surface area contributed by atoms with Crippen LogP contribution >= 0.6 is 23.4 Å². The lowest BCUT2D eigenvalue weighted by molar-refractivity contribution is -0.137. The van der Waals surface area contributed by atoms with Gasteiger partial charge in [-0.05, 0) is 29.7 Å². The summed E-state index contributed by atoms with van der Waals surface area (Å²) in [5.74, 6) is 0.0349. The topological polar surface area (TPSA) is 59.3 Å². The van der Waals surface area contributed by atoms with Gasteiger partial charge in [-0.15, -0.1) is 10.2 Å². The van der Waals surface area contributed by atoms with Gasteiger partial charge in [0.15, 0.2) is 10.8 Å². The number of halogens is 4. The van der Waals surface area contributed by atoms with Gasteiger partial charge in [0, 0.05) is 11.9 Å². The molecule has 3 aromatic rings. The highest BCUT2D eigenvalue weighted by Crippen LogP contribution is 2.33. The first-order chi connectivity index (χ1) is 13.1. The van der Waals surface area contributed by atoms with Crippen molar-refractivity contribution in [1.29, 1.82) is 0 Å². The average Bonchev–Trinajstić information content (AvgIpc) is 3.03. The molecule has 2 aromatic heterocycles. The summed E-state index contributed by atoms with van der Waals surface area (Å²) in [4.78, 5) is 12.2. The van der Waals surface area contributed by atoms with E-state index in [4.69, 9.17) is 11.6 Å². The van der Waals surface area contributed by atoms with Crippen LogP contribution in [0.4, 0.5) is 18.9 Å². The predicted molar refractivity (Wildman–Crippen MR) is 103 cm³/mol. The largest absolute Gasteiger partial charge is 0.417 e. The maximum absolute atomic E-state index is 13.0. The van der Waals surface area contributed by atoms with Gasteiger partial charge in [-0.2, -0.15) is 13.2 Å². The number of aromatic nitrogens is 3. The first kappa shape index (κ1) is 20.5. The van der Waals surface area contributed by atoms with E-state index >= 15 is 0 Å². The zero-order valence-corrected chi connectivity index (χ0v) is 16.5. The van der Waals surface area contributed by atoms with Crippen LogP contribution < -0.4 is 5.32 Å². The number of hydrogen-bond donors (Lipinski definition) is 1. The van der Waals surface area contributed by atoms with Crippen molar-refractivity contribution < 1.29 is 18.0 Å². The van der Waals surface area contributed by atoms with E-state index in [-0.39, 0.29) is 27.5 Å². The van der Waals surface area contributed by atoms with Crippen molar-refractivity contribution in [3.05, 3.63) is 52.7 Å². The summed E-state index contributed by atoms with van der Waals surface area (Å²) < 4.78 is 40.1. The second-order valence-corrected chi connectivity index (χ2v) is 7.71. The minimum Gasteiger partial charge on any atom is -0.325 e. The molecule has 0 fully saturated rings. The van der Waals surface area contributed by atoms with E-state index in [1.54, 1.807) is 12.1 Å². The number of pyridine rings is 1. The lowest BCUT2D eigenvalue weighted by Crippen LogP contribution is -2.14. The molecule has 1 N–H and O–H groups in total. The van der Waals surface area contributed by atoms with E-state index in [1.165, 1.54) is 0 Å². The molecular formula is C18H16ClF3N4OS. The first-order valence-corrected chi connectivity index (χ1v) is 9.65. The molecular weight excluding hydrogens is 413 g/mol. The molecule has 0 unspecified atom stereocenters. The summed E-state index contributed by atoms with van der Waals surface area (Å²) in [5, 5.41) is 10.3. The third-order valence-corrected chi connectivity index (χ3v) is 5.17. The van der Waals surface area contributed by atoms with Crippen molar-refractivity contribution >= 4 is 40.6 Å². The van der Waals surface area contributed by atoms with Gasteiger partial charge in [-0.25, -0.2) is 0 Å². The van der Waals surface area contributed by atoms with E-state index in [9.17, 15) is 18.0 Å². The fourth-order valence-corrected chi connectivity index (χ4v) is 3.42. The van der Waals surface area contributed by atoms with Crippen LogP contribution in [0.2, 0.25) is 5.02 Å². The van der Waals surface area contributed by atoms with Crippen LogP contribution in [0, 0.1) is 0 Å². The van der Waals surface area contributed by atoms with Crippen molar-refractivity contribution in [3.63, 3.8) is 0 Å². The Morgan fingerprint density at radius 1 is 1.25 bits per heavy atom. The zero-order valence-electron chi connectivity index (χ0n) is 14.9. The number of anilines is 1. The van der Waals surface area contributed by atoms with Crippen molar-refractivity contribution in [2.45, 2.75) is 31.1 Å². The van der Waals surface area contributed by atoms with E-state index < -0.39 is 11.7 Å². The molecule has 0 aliphatic rings. The molecule has 10 heteroatoms. The molecule has 28 heavy (non-hydrogen) atoms. The number of nitrogens with zero attached hydrogens (tertiary/aromatic N) is 3. The molecule has 3 rings (SSSR count). The van der Waals surface area contributed by atoms with E-state index in [2.05, 4.69) is 29.4 Å². The monoisotopic (exact) mass is 428 g/mol. The van der Waals surface area contributed by atoms with Crippen LogP contribution in [-0.2, 0) is 11.0 Å². The Hall–Kier alpha value is -2.26. The molecule has 1 amide bonds. The smallest absolute Gasteiger partial charge is 0.325 e. The summed E-state index contributed by atoms with van der Waals surface area (Å²) in [5.41, 5.74) is 0.978. The minimum atomic E-state index is -4.55. The summed E-state index contributed by atoms with van der Waals surface area (Å²) in [6.07, 6.45) is -3.68. The maximum atomic E-state index is 13.0. The molecule has 0 atom stereocenters. The molecule has 0 bridgehead atoms. The molecule has 2 heterocycles. The van der Waals surface area contributed by atoms with Gasteiger partial charge in [-0.1, -0.05) is 49.3 Å². The van der Waals surface area contributed by atoms with Crippen molar-refractivity contribution in [2.24, 2.45) is 0 Å². The second-order valence-electron chi connectivity index (χ2n) is 6.36. The number of hydrogen-bond acceptors (Lipinski definition) is 4. The number of carbonyl (C=O) groups is 1. The fraction of sp³-hybridized carbons (Fsp3) is 0.278. The Labute approximate surface area is 168 Å². The minimum absolute atomic E-state index is 0.0411. The first-order valence-electron chi connectivity index (χ1n) is 8.29. The zero-order chi connectivity index (χ0) is 20.5. The Morgan fingerprint density at radius 3 is 2.54 bits per heavy atom. The Kier molecular flexibility index (Phi) is 5.85. The molecule has 5 nitrogen and oxygen atoms in total. The van der Waals surface area contributed by atoms with Gasteiger partial charge < -0.3 is 5.32 Å². The van der Waals surface area contributed by atoms with E-state index in [0.29, 0.717) is 11.6 Å². The molecule has 1 aromatic carbocycles. The molecule has 148 valence electrons. The number of alkyl halides is 3. The number of benzene rings is 1. The molecule has 0 spiro atoms. The second kappa shape index (κ2) is 8.00. The molecule has 0 radical (unpaired) electrons. The van der Waals surface area contributed by atoms with E-state index in [1.807, 2.05) is 12.1 Å². The van der Waals surface area contributed by atoms with Gasteiger partial charge in [-0.3, -0.25) is 9.20 Å². The Bertz CT molecular complexity index is 1000. The molecule has 0 saturated carbocycles. The van der Waals surface area contributed by atoms with Crippen LogP contribution in [-0.4, -0.2) is 26.3 Å². The number of rotatable bonds is 5. The third-order valence-electron chi connectivity index (χ3n) is 3.95. The third kappa shape index (κ3) is 4.59. The SMILES string of the molecule is CC(C)c1ccc(NC(=O)CSc2nnc3c(Cl)cc(C(F)(F)F)cn23)cc1. The lowest BCUT2D eigenvalue weighted by atomic mass is 10.0. The summed E-state index contributed by atoms with van der Waals surface area (Å²) in [6.45, 7) is 4.15. The average molecular weight is 429 g/mol. The summed E-state index contributed by atoms with van der Waals surface area (Å²) in [7, 11) is 0. The van der Waals surface area contributed by atoms with Crippen molar-refractivity contribution in [1.82, 2.24) is 14.6 Å². The van der Waals surface area contributed by atoms with Gasteiger partial charge in [0.2, 0.25) is 5.91 Å². The van der Waals surface area contributed by atoms with Gasteiger partial charge in [0.1, 0.15) is 0 Å². The Morgan fingerprint density at radius 2 is 1.93 bits per heavy atom. The maximum Gasteiger partial charge on any atom is 0.417 e.